The number of anilines is 1. The first-order valence-electron chi connectivity index (χ1n) is 12.4. The number of carbonyl (C=O) groups excluding carboxylic acids is 2. The lowest BCUT2D eigenvalue weighted by Gasteiger charge is -2.39. The quantitative estimate of drug-likeness (QED) is 0.636. The van der Waals surface area contributed by atoms with Crippen molar-refractivity contribution in [2.45, 2.75) is 63.3 Å². The summed E-state index contributed by atoms with van der Waals surface area (Å²) in [5.41, 5.74) is 7.74. The van der Waals surface area contributed by atoms with Crippen molar-refractivity contribution in [3.8, 4) is 17.2 Å². The van der Waals surface area contributed by atoms with E-state index in [9.17, 15) is 14.9 Å². The van der Waals surface area contributed by atoms with Crippen molar-refractivity contribution in [1.82, 2.24) is 5.32 Å². The number of hydrogen-bond acceptors (Lipinski definition) is 4. The largest absolute Gasteiger partial charge is 0.371 e. The molecular formula is C28H34N4O2. The molecular weight excluding hydrogens is 424 g/mol. The SMILES string of the molecule is N#CC1(NC(=O)CCC2(C(N)=O)CCCCC2)CCN(c2cccc(-c3ccccc3)c2)CC1. The van der Waals surface area contributed by atoms with Gasteiger partial charge in [-0.05, 0) is 42.5 Å². The van der Waals surface area contributed by atoms with Crippen LogP contribution in [0.5, 0.6) is 0 Å². The van der Waals surface area contributed by atoms with Crippen LogP contribution in [0.25, 0.3) is 11.1 Å². The number of hydrogen-bond donors (Lipinski definition) is 2. The predicted molar refractivity (Wildman–Crippen MR) is 134 cm³/mol. The molecule has 1 aliphatic heterocycles. The number of nitrogens with zero attached hydrogens (tertiary/aromatic N) is 2. The Morgan fingerprint density at radius 3 is 2.26 bits per heavy atom. The Bertz CT molecular complexity index is 1050. The van der Waals surface area contributed by atoms with E-state index >= 15 is 0 Å². The van der Waals surface area contributed by atoms with Gasteiger partial charge in [0.05, 0.1) is 6.07 Å². The Morgan fingerprint density at radius 2 is 1.62 bits per heavy atom. The van der Waals surface area contributed by atoms with Gasteiger partial charge in [-0.3, -0.25) is 9.59 Å². The van der Waals surface area contributed by atoms with E-state index in [-0.39, 0.29) is 18.2 Å². The maximum atomic E-state index is 12.8. The average Bonchev–Trinajstić information content (AvgIpc) is 2.89. The lowest BCUT2D eigenvalue weighted by atomic mass is 9.70. The van der Waals surface area contributed by atoms with Gasteiger partial charge in [0.2, 0.25) is 11.8 Å². The third kappa shape index (κ3) is 5.25. The molecule has 4 rings (SSSR count). The number of nitrogens with two attached hydrogens (primary N) is 1. The first-order chi connectivity index (χ1) is 16.5. The number of rotatable bonds is 7. The zero-order valence-corrected chi connectivity index (χ0v) is 19.8. The van der Waals surface area contributed by atoms with Crippen LogP contribution in [-0.2, 0) is 9.59 Å². The molecule has 2 aromatic carbocycles. The van der Waals surface area contributed by atoms with Crippen LogP contribution in [0.15, 0.2) is 54.6 Å². The molecule has 1 saturated heterocycles. The molecule has 2 fully saturated rings. The van der Waals surface area contributed by atoms with Crippen molar-refractivity contribution in [3.05, 3.63) is 54.6 Å². The molecule has 0 radical (unpaired) electrons. The number of nitriles is 1. The van der Waals surface area contributed by atoms with Crippen LogP contribution in [-0.4, -0.2) is 30.4 Å². The summed E-state index contributed by atoms with van der Waals surface area (Å²) in [6, 6.07) is 21.1. The van der Waals surface area contributed by atoms with Gasteiger partial charge in [0.15, 0.2) is 0 Å². The Morgan fingerprint density at radius 1 is 0.941 bits per heavy atom. The second kappa shape index (κ2) is 10.3. The fourth-order valence-corrected chi connectivity index (χ4v) is 5.45. The van der Waals surface area contributed by atoms with Crippen molar-refractivity contribution in [1.29, 1.82) is 5.26 Å². The lowest BCUT2D eigenvalue weighted by molar-refractivity contribution is -0.131. The van der Waals surface area contributed by atoms with Crippen molar-refractivity contribution >= 4 is 17.5 Å². The Hall–Kier alpha value is -3.33. The van der Waals surface area contributed by atoms with Gasteiger partial charge < -0.3 is 16.0 Å². The summed E-state index contributed by atoms with van der Waals surface area (Å²) in [6.45, 7) is 1.38. The zero-order valence-electron chi connectivity index (χ0n) is 19.8. The minimum absolute atomic E-state index is 0.160. The van der Waals surface area contributed by atoms with E-state index in [1.807, 2.05) is 18.2 Å². The molecule has 0 atom stereocenters. The molecule has 2 aliphatic rings. The van der Waals surface area contributed by atoms with Gasteiger partial charge >= 0.3 is 0 Å². The Kier molecular flexibility index (Phi) is 7.21. The monoisotopic (exact) mass is 458 g/mol. The minimum Gasteiger partial charge on any atom is -0.371 e. The first kappa shape index (κ1) is 23.8. The first-order valence-corrected chi connectivity index (χ1v) is 12.4. The molecule has 1 aliphatic carbocycles. The molecule has 0 aromatic heterocycles. The maximum Gasteiger partial charge on any atom is 0.223 e. The molecule has 1 heterocycles. The highest BCUT2D eigenvalue weighted by molar-refractivity contribution is 5.83. The van der Waals surface area contributed by atoms with Crippen LogP contribution in [0.4, 0.5) is 5.69 Å². The van der Waals surface area contributed by atoms with Gasteiger partial charge in [0, 0.05) is 43.5 Å². The van der Waals surface area contributed by atoms with Gasteiger partial charge in [-0.15, -0.1) is 0 Å². The lowest BCUT2D eigenvalue weighted by Crippen LogP contribution is -2.54. The summed E-state index contributed by atoms with van der Waals surface area (Å²) < 4.78 is 0. The fourth-order valence-electron chi connectivity index (χ4n) is 5.45. The van der Waals surface area contributed by atoms with Crippen LogP contribution in [0, 0.1) is 16.7 Å². The predicted octanol–water partition coefficient (Wildman–Crippen LogP) is 4.55. The van der Waals surface area contributed by atoms with Crippen molar-refractivity contribution in [2.24, 2.45) is 11.1 Å². The van der Waals surface area contributed by atoms with Crippen LogP contribution >= 0.6 is 0 Å². The topological polar surface area (TPSA) is 99.2 Å². The standard InChI is InChI=1S/C28H34N4O2/c29-21-28(31-25(33)12-15-27(26(30)34)13-5-2-6-14-27)16-18-32(19-17-28)24-11-7-10-23(20-24)22-8-3-1-4-9-22/h1,3-4,7-11,20H,2,5-6,12-19H2,(H2,30,34)(H,31,33). The summed E-state index contributed by atoms with van der Waals surface area (Å²) in [5.74, 6) is -0.451. The molecule has 0 bridgehead atoms. The molecule has 6 heteroatoms. The Labute approximate surface area is 202 Å². The highest BCUT2D eigenvalue weighted by atomic mass is 16.2. The van der Waals surface area contributed by atoms with Crippen LogP contribution in [0.2, 0.25) is 0 Å². The summed E-state index contributed by atoms with van der Waals surface area (Å²) in [5, 5.41) is 12.9. The number of amides is 2. The number of nitrogens with one attached hydrogen (secondary N) is 1. The van der Waals surface area contributed by atoms with E-state index in [0.717, 1.165) is 43.4 Å². The molecule has 6 nitrogen and oxygen atoms in total. The summed E-state index contributed by atoms with van der Waals surface area (Å²) in [6.07, 6.45) is 6.42. The number of benzene rings is 2. The van der Waals surface area contributed by atoms with Gasteiger partial charge in [0.1, 0.15) is 5.54 Å². The molecule has 0 spiro atoms. The maximum absolute atomic E-state index is 12.8. The second-order valence-corrected chi connectivity index (χ2v) is 9.85. The summed E-state index contributed by atoms with van der Waals surface area (Å²) in [7, 11) is 0. The van der Waals surface area contributed by atoms with E-state index in [2.05, 4.69) is 52.7 Å². The van der Waals surface area contributed by atoms with Gasteiger partial charge in [-0.25, -0.2) is 0 Å². The average molecular weight is 459 g/mol. The molecule has 2 aromatic rings. The smallest absolute Gasteiger partial charge is 0.223 e. The van der Waals surface area contributed by atoms with Crippen LogP contribution < -0.4 is 16.0 Å². The van der Waals surface area contributed by atoms with Crippen molar-refractivity contribution < 1.29 is 9.59 Å². The summed E-state index contributed by atoms with van der Waals surface area (Å²) >= 11 is 0. The minimum atomic E-state index is -0.864. The third-order valence-corrected chi connectivity index (χ3v) is 7.69. The molecule has 2 amide bonds. The molecule has 178 valence electrons. The number of piperidine rings is 1. The summed E-state index contributed by atoms with van der Waals surface area (Å²) in [4.78, 5) is 27.2. The van der Waals surface area contributed by atoms with Crippen molar-refractivity contribution in [2.75, 3.05) is 18.0 Å². The number of primary amides is 1. The zero-order chi connectivity index (χ0) is 24.0. The van der Waals surface area contributed by atoms with E-state index in [0.29, 0.717) is 32.4 Å². The van der Waals surface area contributed by atoms with E-state index in [4.69, 9.17) is 5.73 Å². The van der Waals surface area contributed by atoms with Gasteiger partial charge in [-0.2, -0.15) is 5.26 Å². The molecule has 0 unspecified atom stereocenters. The highest BCUT2D eigenvalue weighted by Crippen LogP contribution is 2.40. The van der Waals surface area contributed by atoms with E-state index in [1.165, 1.54) is 5.56 Å². The van der Waals surface area contributed by atoms with Crippen molar-refractivity contribution in [3.63, 3.8) is 0 Å². The van der Waals surface area contributed by atoms with Gasteiger partial charge in [0.25, 0.3) is 0 Å². The molecule has 3 N–H and O–H groups in total. The van der Waals surface area contributed by atoms with Crippen LogP contribution in [0.3, 0.4) is 0 Å². The fraction of sp³-hybridized carbons (Fsp3) is 0.464. The normalized spacial score (nSPS) is 19.1. The third-order valence-electron chi connectivity index (χ3n) is 7.69. The molecule has 1 saturated carbocycles. The van der Waals surface area contributed by atoms with Gasteiger partial charge in [-0.1, -0.05) is 61.7 Å². The Balaban J connectivity index is 1.35. The second-order valence-electron chi connectivity index (χ2n) is 9.85. The molecule has 34 heavy (non-hydrogen) atoms. The van der Waals surface area contributed by atoms with E-state index < -0.39 is 11.0 Å². The number of carbonyl (C=O) groups is 2. The van der Waals surface area contributed by atoms with E-state index in [1.54, 1.807) is 0 Å². The van der Waals surface area contributed by atoms with Crippen LogP contribution in [0.1, 0.15) is 57.8 Å². The highest BCUT2D eigenvalue weighted by Gasteiger charge is 2.40.